The van der Waals surface area contributed by atoms with Crippen LogP contribution in [0.4, 0.5) is 0 Å². The Hall–Kier alpha value is -0.650. The summed E-state index contributed by atoms with van der Waals surface area (Å²) in [5.41, 5.74) is -1.55. The van der Waals surface area contributed by atoms with Gasteiger partial charge in [-0.3, -0.25) is 0 Å². The first-order chi connectivity index (χ1) is 8.48. The summed E-state index contributed by atoms with van der Waals surface area (Å²) < 4.78 is 10.5. The van der Waals surface area contributed by atoms with Gasteiger partial charge in [0.1, 0.15) is 6.10 Å². The number of carbonyl (C=O) groups is 1. The van der Waals surface area contributed by atoms with E-state index in [2.05, 4.69) is 6.92 Å². The largest absolute Gasteiger partial charge is 0.458 e. The minimum absolute atomic E-state index is 0.0121. The van der Waals surface area contributed by atoms with Crippen LogP contribution in [0.1, 0.15) is 46.0 Å². The molecule has 0 saturated carbocycles. The third-order valence-electron chi connectivity index (χ3n) is 3.05. The number of hydrogen-bond donors (Lipinski definition) is 2. The number of carbonyl (C=O) groups excluding carboxylic acids is 1. The maximum absolute atomic E-state index is 11.5. The van der Waals surface area contributed by atoms with Gasteiger partial charge in [-0.2, -0.15) is 0 Å². The normalized spacial score (nSPS) is 29.3. The lowest BCUT2D eigenvalue weighted by Crippen LogP contribution is -2.37. The minimum atomic E-state index is -1.55. The average molecular weight is 260 g/mol. The van der Waals surface area contributed by atoms with E-state index in [-0.39, 0.29) is 12.8 Å². The lowest BCUT2D eigenvalue weighted by molar-refractivity contribution is -0.158. The van der Waals surface area contributed by atoms with Crippen LogP contribution >= 0.6 is 0 Å². The zero-order valence-electron chi connectivity index (χ0n) is 11.2. The topological polar surface area (TPSA) is 76.0 Å². The standard InChI is InChI=1S/C13H24O5/c1-3-4-5-6-17-9-11-8-13(16,7-10(2)14)12(15)18-11/h10-11,14,16H,3-9H2,1-2H3. The van der Waals surface area contributed by atoms with Crippen molar-refractivity contribution in [3.05, 3.63) is 0 Å². The molecule has 1 saturated heterocycles. The van der Waals surface area contributed by atoms with Crippen molar-refractivity contribution in [2.75, 3.05) is 13.2 Å². The highest BCUT2D eigenvalue weighted by molar-refractivity contribution is 5.81. The molecular weight excluding hydrogens is 236 g/mol. The second-order valence-electron chi connectivity index (χ2n) is 5.10. The number of cyclic esters (lactones) is 1. The second kappa shape index (κ2) is 7.07. The first-order valence-corrected chi connectivity index (χ1v) is 6.67. The molecule has 1 fully saturated rings. The summed E-state index contributed by atoms with van der Waals surface area (Å²) >= 11 is 0. The molecule has 2 N–H and O–H groups in total. The van der Waals surface area contributed by atoms with Crippen LogP contribution in [-0.2, 0) is 14.3 Å². The van der Waals surface area contributed by atoms with Crippen molar-refractivity contribution in [1.29, 1.82) is 0 Å². The molecule has 0 amide bonds. The van der Waals surface area contributed by atoms with Crippen molar-refractivity contribution < 1.29 is 24.5 Å². The van der Waals surface area contributed by atoms with Crippen LogP contribution in [0.5, 0.6) is 0 Å². The number of esters is 1. The SMILES string of the molecule is CCCCCOCC1CC(O)(CC(C)O)C(=O)O1. The van der Waals surface area contributed by atoms with Crippen LogP contribution in [0.2, 0.25) is 0 Å². The molecule has 3 unspecified atom stereocenters. The molecule has 0 aliphatic carbocycles. The molecule has 1 aliphatic heterocycles. The summed E-state index contributed by atoms with van der Waals surface area (Å²) in [6.45, 7) is 4.63. The Kier molecular flexibility index (Phi) is 6.05. The van der Waals surface area contributed by atoms with E-state index in [1.165, 1.54) is 0 Å². The Morgan fingerprint density at radius 3 is 2.89 bits per heavy atom. The lowest BCUT2D eigenvalue weighted by atomic mass is 9.93. The fourth-order valence-electron chi connectivity index (χ4n) is 2.18. The number of hydrogen-bond acceptors (Lipinski definition) is 5. The number of rotatable bonds is 8. The zero-order valence-corrected chi connectivity index (χ0v) is 11.2. The van der Waals surface area contributed by atoms with E-state index >= 15 is 0 Å². The number of aliphatic hydroxyl groups excluding tert-OH is 1. The average Bonchev–Trinajstić information content (AvgIpc) is 2.53. The van der Waals surface area contributed by atoms with Gasteiger partial charge in [0.2, 0.25) is 0 Å². The molecule has 1 aliphatic rings. The molecule has 3 atom stereocenters. The van der Waals surface area contributed by atoms with Gasteiger partial charge in [0.25, 0.3) is 0 Å². The van der Waals surface area contributed by atoms with E-state index < -0.39 is 23.8 Å². The zero-order chi connectivity index (χ0) is 13.6. The van der Waals surface area contributed by atoms with Crippen LogP contribution in [-0.4, -0.2) is 47.2 Å². The van der Waals surface area contributed by atoms with Gasteiger partial charge >= 0.3 is 5.97 Å². The smallest absolute Gasteiger partial charge is 0.338 e. The van der Waals surface area contributed by atoms with E-state index in [0.29, 0.717) is 13.2 Å². The third kappa shape index (κ3) is 4.55. The molecular formula is C13H24O5. The van der Waals surface area contributed by atoms with Crippen LogP contribution in [0.25, 0.3) is 0 Å². The second-order valence-corrected chi connectivity index (χ2v) is 5.10. The molecule has 5 heteroatoms. The highest BCUT2D eigenvalue weighted by atomic mass is 16.6. The summed E-state index contributed by atoms with van der Waals surface area (Å²) in [7, 11) is 0. The van der Waals surface area contributed by atoms with Gasteiger partial charge in [0.15, 0.2) is 5.60 Å². The Morgan fingerprint density at radius 1 is 1.56 bits per heavy atom. The first-order valence-electron chi connectivity index (χ1n) is 6.67. The minimum Gasteiger partial charge on any atom is -0.458 e. The van der Waals surface area contributed by atoms with Crippen molar-refractivity contribution in [2.24, 2.45) is 0 Å². The molecule has 1 rings (SSSR count). The summed E-state index contributed by atoms with van der Waals surface area (Å²) in [5, 5.41) is 19.3. The molecule has 0 aromatic rings. The molecule has 0 bridgehead atoms. The monoisotopic (exact) mass is 260 g/mol. The molecule has 0 radical (unpaired) electrons. The Labute approximate surface area is 108 Å². The van der Waals surface area contributed by atoms with E-state index in [9.17, 15) is 15.0 Å². The first kappa shape index (κ1) is 15.4. The maximum atomic E-state index is 11.5. The van der Waals surface area contributed by atoms with Crippen LogP contribution in [0.3, 0.4) is 0 Å². The fourth-order valence-corrected chi connectivity index (χ4v) is 2.18. The summed E-state index contributed by atoms with van der Waals surface area (Å²) in [4.78, 5) is 11.5. The summed E-state index contributed by atoms with van der Waals surface area (Å²) in [6.07, 6.45) is 2.33. The van der Waals surface area contributed by atoms with Gasteiger partial charge < -0.3 is 19.7 Å². The molecule has 1 heterocycles. The van der Waals surface area contributed by atoms with E-state index in [0.717, 1.165) is 19.3 Å². The maximum Gasteiger partial charge on any atom is 0.338 e. The van der Waals surface area contributed by atoms with Crippen LogP contribution < -0.4 is 0 Å². The van der Waals surface area contributed by atoms with Gasteiger partial charge in [0.05, 0.1) is 12.7 Å². The fraction of sp³-hybridized carbons (Fsp3) is 0.923. The van der Waals surface area contributed by atoms with Gasteiger partial charge in [-0.15, -0.1) is 0 Å². The van der Waals surface area contributed by atoms with Crippen LogP contribution in [0.15, 0.2) is 0 Å². The lowest BCUT2D eigenvalue weighted by Gasteiger charge is -2.19. The predicted octanol–water partition coefficient (Wildman–Crippen LogP) is 1.01. The van der Waals surface area contributed by atoms with E-state index in [1.54, 1.807) is 6.92 Å². The molecule has 106 valence electrons. The van der Waals surface area contributed by atoms with Crippen molar-refractivity contribution in [3.63, 3.8) is 0 Å². The van der Waals surface area contributed by atoms with Crippen LogP contribution in [0, 0.1) is 0 Å². The van der Waals surface area contributed by atoms with Crippen molar-refractivity contribution in [2.45, 2.75) is 63.8 Å². The number of ether oxygens (including phenoxy) is 2. The predicted molar refractivity (Wildman–Crippen MR) is 66.1 cm³/mol. The Bertz CT molecular complexity index is 266. The van der Waals surface area contributed by atoms with Gasteiger partial charge in [-0.1, -0.05) is 19.8 Å². The number of aliphatic hydroxyl groups is 2. The Morgan fingerprint density at radius 2 is 2.28 bits per heavy atom. The molecule has 18 heavy (non-hydrogen) atoms. The third-order valence-corrected chi connectivity index (χ3v) is 3.05. The van der Waals surface area contributed by atoms with Gasteiger partial charge in [0, 0.05) is 19.4 Å². The van der Waals surface area contributed by atoms with Crippen molar-refractivity contribution >= 4 is 5.97 Å². The van der Waals surface area contributed by atoms with Gasteiger partial charge in [-0.25, -0.2) is 4.79 Å². The summed E-state index contributed by atoms with van der Waals surface area (Å²) in [6, 6.07) is 0. The summed E-state index contributed by atoms with van der Waals surface area (Å²) in [5.74, 6) is -0.648. The molecule has 0 aromatic carbocycles. The Balaban J connectivity index is 2.28. The van der Waals surface area contributed by atoms with Crippen molar-refractivity contribution in [1.82, 2.24) is 0 Å². The highest BCUT2D eigenvalue weighted by Crippen LogP contribution is 2.30. The molecule has 0 spiro atoms. The van der Waals surface area contributed by atoms with E-state index in [1.807, 2.05) is 0 Å². The van der Waals surface area contributed by atoms with Crippen molar-refractivity contribution in [3.8, 4) is 0 Å². The quantitative estimate of drug-likeness (QED) is 0.503. The van der Waals surface area contributed by atoms with E-state index in [4.69, 9.17) is 9.47 Å². The molecule has 0 aromatic heterocycles. The van der Waals surface area contributed by atoms with Gasteiger partial charge in [-0.05, 0) is 13.3 Å². The number of unbranched alkanes of at least 4 members (excludes halogenated alkanes) is 2. The molecule has 5 nitrogen and oxygen atoms in total. The highest BCUT2D eigenvalue weighted by Gasteiger charge is 2.48.